The molecule has 32 heavy (non-hydrogen) atoms. The van der Waals surface area contributed by atoms with Gasteiger partial charge < -0.3 is 14.8 Å². The van der Waals surface area contributed by atoms with Crippen LogP contribution in [0.3, 0.4) is 0 Å². The zero-order valence-electron chi connectivity index (χ0n) is 18.6. The van der Waals surface area contributed by atoms with Crippen LogP contribution in [0.4, 0.5) is 0 Å². The van der Waals surface area contributed by atoms with Crippen molar-refractivity contribution < 1.29 is 14.3 Å². The number of carbonyl (C=O) groups excluding carboxylic acids is 1. The molecular weight excluding hydrogens is 408 g/mol. The van der Waals surface area contributed by atoms with Gasteiger partial charge in [-0.3, -0.25) is 14.0 Å². The molecular formula is C24H26N4O4. The van der Waals surface area contributed by atoms with E-state index in [4.69, 9.17) is 9.47 Å². The normalized spacial score (nSPS) is 11.1. The summed E-state index contributed by atoms with van der Waals surface area (Å²) in [5.41, 5.74) is 3.21. The lowest BCUT2D eigenvalue weighted by Crippen LogP contribution is -2.35. The first-order chi connectivity index (χ1) is 15.4. The molecule has 1 N–H and O–H groups in total. The summed E-state index contributed by atoms with van der Waals surface area (Å²) in [6, 6.07) is 13.4. The van der Waals surface area contributed by atoms with Crippen LogP contribution < -0.4 is 20.3 Å². The molecule has 4 aromatic rings. The number of ether oxygens (including phenoxy) is 2. The summed E-state index contributed by atoms with van der Waals surface area (Å²) in [5.74, 6) is 1.78. The fourth-order valence-corrected chi connectivity index (χ4v) is 3.93. The number of methoxy groups -OCH3 is 2. The van der Waals surface area contributed by atoms with E-state index in [0.29, 0.717) is 35.8 Å². The lowest BCUT2D eigenvalue weighted by Gasteiger charge is -2.12. The number of aromatic nitrogens is 3. The van der Waals surface area contributed by atoms with Crippen molar-refractivity contribution in [2.75, 3.05) is 20.8 Å². The van der Waals surface area contributed by atoms with Crippen LogP contribution in [0.25, 0.3) is 16.4 Å². The van der Waals surface area contributed by atoms with Gasteiger partial charge in [-0.25, -0.2) is 4.68 Å². The molecule has 0 atom stereocenters. The summed E-state index contributed by atoms with van der Waals surface area (Å²) in [7, 11) is 3.20. The number of carbonyl (C=O) groups is 1. The third-order valence-electron chi connectivity index (χ3n) is 5.50. The van der Waals surface area contributed by atoms with Crippen molar-refractivity contribution in [1.82, 2.24) is 19.5 Å². The minimum Gasteiger partial charge on any atom is -0.497 e. The number of nitrogens with zero attached hydrogens (tertiary/aromatic N) is 3. The van der Waals surface area contributed by atoms with Crippen molar-refractivity contribution >= 4 is 22.3 Å². The van der Waals surface area contributed by atoms with Gasteiger partial charge in [-0.15, -0.1) is 0 Å². The van der Waals surface area contributed by atoms with Crippen LogP contribution >= 0.6 is 0 Å². The van der Waals surface area contributed by atoms with Crippen LogP contribution in [0.15, 0.2) is 47.3 Å². The van der Waals surface area contributed by atoms with E-state index in [9.17, 15) is 9.59 Å². The summed E-state index contributed by atoms with van der Waals surface area (Å²) in [6.45, 7) is 4.11. The molecule has 8 heteroatoms. The zero-order chi connectivity index (χ0) is 22.8. The fraction of sp³-hybridized carbons (Fsp3) is 0.292. The molecule has 0 aliphatic heterocycles. The van der Waals surface area contributed by atoms with E-state index in [1.165, 1.54) is 4.68 Å². The average molecular weight is 434 g/mol. The van der Waals surface area contributed by atoms with Crippen molar-refractivity contribution in [3.8, 4) is 11.5 Å². The largest absolute Gasteiger partial charge is 0.497 e. The third kappa shape index (κ3) is 4.03. The molecule has 4 rings (SSSR count). The molecule has 0 bridgehead atoms. The quantitative estimate of drug-likeness (QED) is 0.483. The van der Waals surface area contributed by atoms with Gasteiger partial charge >= 0.3 is 0 Å². The van der Waals surface area contributed by atoms with E-state index in [2.05, 4.69) is 10.4 Å². The predicted molar refractivity (Wildman–Crippen MR) is 123 cm³/mol. The van der Waals surface area contributed by atoms with Crippen molar-refractivity contribution in [2.45, 2.75) is 26.8 Å². The van der Waals surface area contributed by atoms with Gasteiger partial charge in [-0.05, 0) is 50.1 Å². The van der Waals surface area contributed by atoms with Crippen LogP contribution in [-0.2, 0) is 17.8 Å². The van der Waals surface area contributed by atoms with E-state index in [1.54, 1.807) is 14.2 Å². The number of benzene rings is 2. The Morgan fingerprint density at radius 1 is 1.03 bits per heavy atom. The van der Waals surface area contributed by atoms with Gasteiger partial charge in [0.2, 0.25) is 5.91 Å². The van der Waals surface area contributed by atoms with Crippen LogP contribution in [-0.4, -0.2) is 40.9 Å². The van der Waals surface area contributed by atoms with E-state index in [1.807, 2.05) is 60.7 Å². The Balaban J connectivity index is 1.49. The number of rotatable bonds is 7. The van der Waals surface area contributed by atoms with Gasteiger partial charge in [-0.2, -0.15) is 5.10 Å². The standard InChI is InChI=1S/C24H26N4O4/c1-15-5-8-20-18(11-15)12-21-24(30)27(26-16(2)28(20)21)14-23(29)25-10-9-17-6-7-19(31-3)13-22(17)32-4/h5-8,11-13H,9-10,14H2,1-4H3,(H,25,29). The maximum absolute atomic E-state index is 13.0. The summed E-state index contributed by atoms with van der Waals surface area (Å²) < 4.78 is 13.7. The fourth-order valence-electron chi connectivity index (χ4n) is 3.93. The lowest BCUT2D eigenvalue weighted by molar-refractivity contribution is -0.121. The van der Waals surface area contributed by atoms with E-state index in [-0.39, 0.29) is 18.0 Å². The lowest BCUT2D eigenvalue weighted by atomic mass is 10.1. The van der Waals surface area contributed by atoms with E-state index >= 15 is 0 Å². The first-order valence-electron chi connectivity index (χ1n) is 10.4. The highest BCUT2D eigenvalue weighted by Crippen LogP contribution is 2.24. The maximum atomic E-state index is 13.0. The molecule has 0 spiro atoms. The number of nitrogens with one attached hydrogen (secondary N) is 1. The van der Waals surface area contributed by atoms with Gasteiger partial charge in [0.1, 0.15) is 29.4 Å². The highest BCUT2D eigenvalue weighted by atomic mass is 16.5. The Labute approximate surface area is 185 Å². The second-order valence-corrected chi connectivity index (χ2v) is 7.72. The number of amides is 1. The van der Waals surface area contributed by atoms with Gasteiger partial charge in [0.15, 0.2) is 0 Å². The molecule has 0 aliphatic rings. The highest BCUT2D eigenvalue weighted by molar-refractivity contribution is 5.87. The first-order valence-corrected chi connectivity index (χ1v) is 10.4. The predicted octanol–water partition coefficient (Wildman–Crippen LogP) is 2.64. The zero-order valence-corrected chi connectivity index (χ0v) is 18.6. The van der Waals surface area contributed by atoms with E-state index in [0.717, 1.165) is 22.0 Å². The number of hydrogen-bond donors (Lipinski definition) is 1. The molecule has 0 fully saturated rings. The minimum absolute atomic E-state index is 0.142. The number of aryl methyl sites for hydroxylation is 2. The van der Waals surface area contributed by atoms with Crippen LogP contribution in [0.5, 0.6) is 11.5 Å². The molecule has 0 radical (unpaired) electrons. The first kappa shape index (κ1) is 21.4. The maximum Gasteiger partial charge on any atom is 0.291 e. The van der Waals surface area contributed by atoms with Crippen LogP contribution in [0.1, 0.15) is 17.0 Å². The molecule has 0 saturated heterocycles. The van der Waals surface area contributed by atoms with Gasteiger partial charge in [0.25, 0.3) is 5.56 Å². The van der Waals surface area contributed by atoms with Gasteiger partial charge in [0.05, 0.1) is 19.7 Å². The Morgan fingerprint density at radius 3 is 2.59 bits per heavy atom. The second-order valence-electron chi connectivity index (χ2n) is 7.72. The monoisotopic (exact) mass is 434 g/mol. The molecule has 2 heterocycles. The number of hydrogen-bond acceptors (Lipinski definition) is 5. The minimum atomic E-state index is -0.295. The summed E-state index contributed by atoms with van der Waals surface area (Å²) in [5, 5.41) is 8.20. The molecule has 0 saturated carbocycles. The van der Waals surface area contributed by atoms with Crippen LogP contribution in [0.2, 0.25) is 0 Å². The molecule has 8 nitrogen and oxygen atoms in total. The Hall–Kier alpha value is -3.81. The second kappa shape index (κ2) is 8.74. The van der Waals surface area contributed by atoms with Crippen LogP contribution in [0, 0.1) is 13.8 Å². The molecule has 166 valence electrons. The highest BCUT2D eigenvalue weighted by Gasteiger charge is 2.14. The Morgan fingerprint density at radius 2 is 1.84 bits per heavy atom. The van der Waals surface area contributed by atoms with E-state index < -0.39 is 0 Å². The number of fused-ring (bicyclic) bond motifs is 3. The Bertz CT molecular complexity index is 1370. The smallest absolute Gasteiger partial charge is 0.291 e. The molecule has 2 aromatic heterocycles. The topological polar surface area (TPSA) is 86.9 Å². The van der Waals surface area contributed by atoms with Crippen molar-refractivity contribution in [3.05, 3.63) is 69.8 Å². The summed E-state index contributed by atoms with van der Waals surface area (Å²) in [6.07, 6.45) is 0.586. The molecule has 2 aromatic carbocycles. The van der Waals surface area contributed by atoms with Crippen molar-refractivity contribution in [2.24, 2.45) is 0 Å². The van der Waals surface area contributed by atoms with Crippen molar-refractivity contribution in [3.63, 3.8) is 0 Å². The summed E-state index contributed by atoms with van der Waals surface area (Å²) >= 11 is 0. The molecule has 0 unspecified atom stereocenters. The van der Waals surface area contributed by atoms with Gasteiger partial charge in [-0.1, -0.05) is 17.7 Å². The Kier molecular flexibility index (Phi) is 5.85. The third-order valence-corrected chi connectivity index (χ3v) is 5.50. The average Bonchev–Trinajstić information content (AvgIpc) is 3.16. The molecule has 0 aliphatic carbocycles. The van der Waals surface area contributed by atoms with Gasteiger partial charge in [0, 0.05) is 18.0 Å². The molecule has 1 amide bonds. The SMILES string of the molecule is COc1ccc(CCNC(=O)Cn2nc(C)n3c(cc4cc(C)ccc43)c2=O)c(OC)c1. The summed E-state index contributed by atoms with van der Waals surface area (Å²) in [4.78, 5) is 25.5. The van der Waals surface area contributed by atoms with Crippen molar-refractivity contribution in [1.29, 1.82) is 0 Å².